The molecule has 0 saturated carbocycles. The summed E-state index contributed by atoms with van der Waals surface area (Å²) in [5.74, 6) is 0.936. The molecular weight excluding hydrogens is 456 g/mol. The molecule has 3 heterocycles. The van der Waals surface area contributed by atoms with Gasteiger partial charge in [0.25, 0.3) is 5.56 Å². The molecule has 35 heavy (non-hydrogen) atoms. The van der Waals surface area contributed by atoms with Crippen molar-refractivity contribution in [3.8, 4) is 5.75 Å². The number of aromatic nitrogens is 2. The van der Waals surface area contributed by atoms with Gasteiger partial charge in [-0.2, -0.15) is 0 Å². The lowest BCUT2D eigenvalue weighted by molar-refractivity contribution is 0.0953. The minimum atomic E-state index is -0.0565. The minimum Gasteiger partial charge on any atom is -0.506 e. The fourth-order valence-corrected chi connectivity index (χ4v) is 6.05. The Hall–Kier alpha value is -3.48. The van der Waals surface area contributed by atoms with Crippen LogP contribution in [0.15, 0.2) is 77.6 Å². The van der Waals surface area contributed by atoms with E-state index < -0.39 is 0 Å². The summed E-state index contributed by atoms with van der Waals surface area (Å²) in [4.78, 5) is 19.6. The average molecular weight is 483 g/mol. The van der Waals surface area contributed by atoms with Crippen LogP contribution >= 0.6 is 11.3 Å². The van der Waals surface area contributed by atoms with E-state index in [2.05, 4.69) is 24.3 Å². The van der Waals surface area contributed by atoms with Crippen LogP contribution in [0.25, 0.3) is 20.3 Å². The van der Waals surface area contributed by atoms with Crippen molar-refractivity contribution in [1.29, 1.82) is 0 Å². The Bertz CT molecular complexity index is 1550. The summed E-state index contributed by atoms with van der Waals surface area (Å²) in [7, 11) is 0. The Labute approximate surface area is 207 Å². The number of fused-ring (bicyclic) bond motifs is 3. The number of phenolic OH excluding ortho intramolecular Hbond substituents is 1. The van der Waals surface area contributed by atoms with E-state index in [9.17, 15) is 9.90 Å². The van der Waals surface area contributed by atoms with Gasteiger partial charge in [0.1, 0.15) is 16.4 Å². The smallest absolute Gasteiger partial charge is 0.263 e. The second kappa shape index (κ2) is 9.29. The predicted molar refractivity (Wildman–Crippen MR) is 141 cm³/mol. The number of benzene rings is 3. The van der Waals surface area contributed by atoms with Crippen LogP contribution < -0.4 is 5.56 Å². The fraction of sp³-hybridized carbons (Fsp3) is 0.241. The van der Waals surface area contributed by atoms with Crippen molar-refractivity contribution < 1.29 is 9.84 Å². The highest BCUT2D eigenvalue weighted by Gasteiger charge is 2.23. The maximum Gasteiger partial charge on any atom is 0.263 e. The van der Waals surface area contributed by atoms with Crippen LogP contribution in [-0.2, 0) is 24.1 Å². The van der Waals surface area contributed by atoms with E-state index >= 15 is 0 Å². The number of rotatable bonds is 6. The first-order valence-electron chi connectivity index (χ1n) is 12.0. The van der Waals surface area contributed by atoms with Gasteiger partial charge in [0.15, 0.2) is 0 Å². The van der Waals surface area contributed by atoms with Gasteiger partial charge in [-0.1, -0.05) is 60.7 Å². The molecule has 6 heteroatoms. The van der Waals surface area contributed by atoms with E-state index in [0.29, 0.717) is 34.3 Å². The van der Waals surface area contributed by atoms with Crippen LogP contribution in [0, 0.1) is 0 Å². The lowest BCUT2D eigenvalue weighted by atomic mass is 10.0. The lowest BCUT2D eigenvalue weighted by Gasteiger charge is -2.16. The van der Waals surface area contributed by atoms with E-state index in [0.717, 1.165) is 47.3 Å². The molecule has 1 aliphatic rings. The van der Waals surface area contributed by atoms with Crippen LogP contribution in [0.5, 0.6) is 5.75 Å². The molecule has 1 saturated heterocycles. The largest absolute Gasteiger partial charge is 0.506 e. The topological polar surface area (TPSA) is 64.4 Å². The van der Waals surface area contributed by atoms with Crippen molar-refractivity contribution in [2.45, 2.75) is 38.3 Å². The quantitative estimate of drug-likeness (QED) is 0.338. The van der Waals surface area contributed by atoms with E-state index in [1.54, 1.807) is 10.6 Å². The number of thiophene rings is 1. The summed E-state index contributed by atoms with van der Waals surface area (Å²) in [6, 6.07) is 24.1. The fourth-order valence-electron chi connectivity index (χ4n) is 4.97. The Morgan fingerprint density at radius 1 is 0.971 bits per heavy atom. The van der Waals surface area contributed by atoms with Crippen molar-refractivity contribution in [3.63, 3.8) is 0 Å². The van der Waals surface area contributed by atoms with Crippen molar-refractivity contribution in [2.24, 2.45) is 0 Å². The SMILES string of the molecule is O=c1c2c(nc(Cc3ccccc3)n1CC1CCCO1)sc1c(O)cc(Cc3ccccc3)cc12. The summed E-state index contributed by atoms with van der Waals surface area (Å²) in [5, 5.41) is 12.2. The summed E-state index contributed by atoms with van der Waals surface area (Å²) in [6.07, 6.45) is 3.24. The maximum absolute atomic E-state index is 14.0. The standard InChI is InChI=1S/C29H26N2O3S/c32-24-16-21(14-19-8-3-1-4-9-19)15-23-26-28(35-27(23)24)30-25(17-20-10-5-2-6-11-20)31(29(26)33)18-22-12-7-13-34-22/h1-6,8-11,15-16,22,32H,7,12-14,17-18H2. The Kier molecular flexibility index (Phi) is 5.84. The average Bonchev–Trinajstić information content (AvgIpc) is 3.51. The summed E-state index contributed by atoms with van der Waals surface area (Å²) in [6.45, 7) is 1.23. The van der Waals surface area contributed by atoms with Gasteiger partial charge in [-0.15, -0.1) is 11.3 Å². The maximum atomic E-state index is 14.0. The molecule has 0 radical (unpaired) electrons. The number of aromatic hydroxyl groups is 1. The number of hydrogen-bond acceptors (Lipinski definition) is 5. The van der Waals surface area contributed by atoms with Crippen molar-refractivity contribution in [2.75, 3.05) is 6.61 Å². The Morgan fingerprint density at radius 3 is 2.37 bits per heavy atom. The van der Waals surface area contributed by atoms with Gasteiger partial charge in [-0.25, -0.2) is 4.98 Å². The minimum absolute atomic E-state index is 0.0217. The molecule has 1 N–H and O–H groups in total. The van der Waals surface area contributed by atoms with Crippen LogP contribution in [0.3, 0.4) is 0 Å². The molecule has 1 fully saturated rings. The molecule has 6 rings (SSSR count). The lowest BCUT2D eigenvalue weighted by Crippen LogP contribution is -2.30. The summed E-state index contributed by atoms with van der Waals surface area (Å²) < 4.78 is 8.39. The molecule has 176 valence electrons. The number of hydrogen-bond donors (Lipinski definition) is 1. The number of nitrogens with zero attached hydrogens (tertiary/aromatic N) is 2. The van der Waals surface area contributed by atoms with Gasteiger partial charge in [0.05, 0.1) is 22.7 Å². The number of ether oxygens (including phenoxy) is 1. The zero-order valence-electron chi connectivity index (χ0n) is 19.3. The highest BCUT2D eigenvalue weighted by Crippen LogP contribution is 2.38. The third-order valence-electron chi connectivity index (χ3n) is 6.68. The highest BCUT2D eigenvalue weighted by atomic mass is 32.1. The molecule has 0 bridgehead atoms. The summed E-state index contributed by atoms with van der Waals surface area (Å²) >= 11 is 1.39. The van der Waals surface area contributed by atoms with Crippen molar-refractivity contribution in [3.05, 3.63) is 106 Å². The second-order valence-electron chi connectivity index (χ2n) is 9.18. The van der Waals surface area contributed by atoms with Gasteiger partial charge >= 0.3 is 0 Å². The Morgan fingerprint density at radius 2 is 1.69 bits per heavy atom. The van der Waals surface area contributed by atoms with Gasteiger partial charge in [0, 0.05) is 18.4 Å². The Balaban J connectivity index is 1.51. The molecule has 0 spiro atoms. The molecule has 1 aliphatic heterocycles. The van der Waals surface area contributed by atoms with E-state index in [1.165, 1.54) is 11.3 Å². The summed E-state index contributed by atoms with van der Waals surface area (Å²) in [5.41, 5.74) is 3.18. The van der Waals surface area contributed by atoms with Gasteiger partial charge in [-0.3, -0.25) is 9.36 Å². The van der Waals surface area contributed by atoms with Crippen molar-refractivity contribution in [1.82, 2.24) is 9.55 Å². The molecule has 1 atom stereocenters. The first-order chi connectivity index (χ1) is 17.2. The van der Waals surface area contributed by atoms with Crippen LogP contribution in [0.1, 0.15) is 35.4 Å². The first-order valence-corrected chi connectivity index (χ1v) is 12.8. The molecule has 5 aromatic rings. The molecule has 0 aliphatic carbocycles. The monoisotopic (exact) mass is 482 g/mol. The second-order valence-corrected chi connectivity index (χ2v) is 10.2. The van der Waals surface area contributed by atoms with Gasteiger partial charge in [0.2, 0.25) is 0 Å². The molecule has 1 unspecified atom stereocenters. The van der Waals surface area contributed by atoms with E-state index in [-0.39, 0.29) is 17.4 Å². The van der Waals surface area contributed by atoms with E-state index in [1.807, 2.05) is 42.5 Å². The van der Waals surface area contributed by atoms with Crippen LogP contribution in [-0.4, -0.2) is 27.4 Å². The molecule has 0 amide bonds. The van der Waals surface area contributed by atoms with Crippen LogP contribution in [0.2, 0.25) is 0 Å². The van der Waals surface area contributed by atoms with Gasteiger partial charge < -0.3 is 9.84 Å². The molecule has 2 aromatic heterocycles. The van der Waals surface area contributed by atoms with Gasteiger partial charge in [-0.05, 0) is 48.1 Å². The van der Waals surface area contributed by atoms with Crippen molar-refractivity contribution >= 4 is 31.6 Å². The highest BCUT2D eigenvalue weighted by molar-refractivity contribution is 7.25. The van der Waals surface area contributed by atoms with E-state index in [4.69, 9.17) is 9.72 Å². The molecule has 3 aromatic carbocycles. The normalized spacial score (nSPS) is 15.8. The third-order valence-corrected chi connectivity index (χ3v) is 7.80. The zero-order valence-corrected chi connectivity index (χ0v) is 20.1. The predicted octanol–water partition coefficient (Wildman–Crippen LogP) is 5.68. The molecule has 5 nitrogen and oxygen atoms in total. The first kappa shape index (κ1) is 22.0. The van der Waals surface area contributed by atoms with Crippen LogP contribution in [0.4, 0.5) is 0 Å². The third kappa shape index (κ3) is 4.35. The molecular formula is C29H26N2O3S. The zero-order chi connectivity index (χ0) is 23.8. The number of phenols is 1.